The Morgan fingerprint density at radius 1 is 1.59 bits per heavy atom. The number of carbonyl (C=O) groups is 1. The molecular formula is C12H16BrNO2S. The third-order valence-corrected chi connectivity index (χ3v) is 4.56. The van der Waals surface area contributed by atoms with Crippen LogP contribution in [0.3, 0.4) is 0 Å². The highest BCUT2D eigenvalue weighted by Gasteiger charge is 2.48. The van der Waals surface area contributed by atoms with E-state index in [4.69, 9.17) is 0 Å². The number of halogens is 1. The van der Waals surface area contributed by atoms with E-state index in [2.05, 4.69) is 27.4 Å². The fourth-order valence-corrected chi connectivity index (χ4v) is 3.51. The Labute approximate surface area is 114 Å². The first kappa shape index (κ1) is 12.9. The van der Waals surface area contributed by atoms with Gasteiger partial charge in [0.25, 0.3) is 0 Å². The molecule has 1 N–H and O–H groups in total. The van der Waals surface area contributed by atoms with E-state index in [1.165, 1.54) is 5.56 Å². The second kappa shape index (κ2) is 4.28. The zero-order chi connectivity index (χ0) is 12.8. The van der Waals surface area contributed by atoms with Crippen molar-refractivity contribution in [3.63, 3.8) is 0 Å². The molecule has 1 fully saturated rings. The molecule has 0 radical (unpaired) electrons. The van der Waals surface area contributed by atoms with Gasteiger partial charge in [0, 0.05) is 17.5 Å². The standard InChI is InChI=1S/C12H16BrNO2S/c1-12(2,3)14(11(15)16)9-5-8(9)7-4-10(13)17-6-7/h4,6,8-9H,5H2,1-3H3,(H,15,16). The number of hydrogen-bond acceptors (Lipinski definition) is 2. The van der Waals surface area contributed by atoms with E-state index in [0.29, 0.717) is 5.92 Å². The van der Waals surface area contributed by atoms with Gasteiger partial charge in [-0.2, -0.15) is 0 Å². The number of amides is 1. The molecule has 1 aromatic rings. The third kappa shape index (κ3) is 2.65. The van der Waals surface area contributed by atoms with Crippen LogP contribution in [0.2, 0.25) is 0 Å². The molecule has 1 amide bonds. The first-order valence-corrected chi connectivity index (χ1v) is 7.24. The van der Waals surface area contributed by atoms with Crippen LogP contribution < -0.4 is 0 Å². The van der Waals surface area contributed by atoms with Crippen molar-refractivity contribution >= 4 is 33.4 Å². The van der Waals surface area contributed by atoms with Crippen LogP contribution >= 0.6 is 27.3 Å². The van der Waals surface area contributed by atoms with Gasteiger partial charge in [-0.1, -0.05) is 0 Å². The minimum absolute atomic E-state index is 0.133. The molecular weight excluding hydrogens is 302 g/mol. The van der Waals surface area contributed by atoms with Gasteiger partial charge in [-0.25, -0.2) is 4.79 Å². The molecule has 1 aliphatic carbocycles. The number of hydrogen-bond donors (Lipinski definition) is 1. The highest BCUT2D eigenvalue weighted by molar-refractivity contribution is 9.11. The second-order valence-corrected chi connectivity index (χ2v) is 7.71. The Morgan fingerprint density at radius 3 is 2.65 bits per heavy atom. The maximum atomic E-state index is 11.3. The van der Waals surface area contributed by atoms with Crippen LogP contribution in [0, 0.1) is 0 Å². The highest BCUT2D eigenvalue weighted by atomic mass is 79.9. The van der Waals surface area contributed by atoms with Crippen molar-refractivity contribution in [2.75, 3.05) is 0 Å². The van der Waals surface area contributed by atoms with Crippen molar-refractivity contribution in [2.24, 2.45) is 0 Å². The van der Waals surface area contributed by atoms with Gasteiger partial charge in [0.05, 0.1) is 3.79 Å². The van der Waals surface area contributed by atoms with Gasteiger partial charge in [0.1, 0.15) is 0 Å². The van der Waals surface area contributed by atoms with E-state index in [9.17, 15) is 9.90 Å². The average molecular weight is 318 g/mol. The fourth-order valence-electron chi connectivity index (χ4n) is 2.27. The quantitative estimate of drug-likeness (QED) is 0.890. The first-order chi connectivity index (χ1) is 7.80. The van der Waals surface area contributed by atoms with E-state index in [1.807, 2.05) is 20.8 Å². The lowest BCUT2D eigenvalue weighted by atomic mass is 10.1. The van der Waals surface area contributed by atoms with Gasteiger partial charge in [0.15, 0.2) is 0 Å². The van der Waals surface area contributed by atoms with Gasteiger partial charge in [-0.3, -0.25) is 4.90 Å². The third-order valence-electron chi connectivity index (χ3n) is 3.03. The topological polar surface area (TPSA) is 40.5 Å². The molecule has 17 heavy (non-hydrogen) atoms. The van der Waals surface area contributed by atoms with Gasteiger partial charge in [-0.15, -0.1) is 11.3 Å². The first-order valence-electron chi connectivity index (χ1n) is 5.57. The molecule has 5 heteroatoms. The Balaban J connectivity index is 2.13. The van der Waals surface area contributed by atoms with Crippen molar-refractivity contribution in [2.45, 2.75) is 44.7 Å². The lowest BCUT2D eigenvalue weighted by Crippen LogP contribution is -2.46. The molecule has 2 atom stereocenters. The zero-order valence-corrected chi connectivity index (χ0v) is 12.5. The summed E-state index contributed by atoms with van der Waals surface area (Å²) < 4.78 is 1.11. The Kier molecular flexibility index (Phi) is 3.25. The molecule has 0 saturated heterocycles. The lowest BCUT2D eigenvalue weighted by Gasteiger charge is -2.33. The maximum absolute atomic E-state index is 11.3. The Morgan fingerprint density at radius 2 is 2.24 bits per heavy atom. The molecule has 2 unspecified atom stereocenters. The van der Waals surface area contributed by atoms with E-state index in [1.54, 1.807) is 16.2 Å². The summed E-state index contributed by atoms with van der Waals surface area (Å²) in [5.74, 6) is 0.368. The van der Waals surface area contributed by atoms with Crippen LogP contribution in [0.5, 0.6) is 0 Å². The Hall–Kier alpha value is -0.550. The molecule has 2 rings (SSSR count). The Bertz CT molecular complexity index is 438. The minimum atomic E-state index is -0.820. The molecule has 0 bridgehead atoms. The molecule has 1 aliphatic rings. The summed E-state index contributed by atoms with van der Waals surface area (Å²) in [5, 5.41) is 11.4. The van der Waals surface area contributed by atoms with Crippen LogP contribution in [0.1, 0.15) is 38.7 Å². The van der Waals surface area contributed by atoms with Gasteiger partial charge >= 0.3 is 6.09 Å². The monoisotopic (exact) mass is 317 g/mol. The summed E-state index contributed by atoms with van der Waals surface area (Å²) in [4.78, 5) is 12.9. The molecule has 0 spiro atoms. The summed E-state index contributed by atoms with van der Waals surface area (Å²) in [6.45, 7) is 5.83. The van der Waals surface area contributed by atoms with Gasteiger partial charge in [-0.05, 0) is 60.1 Å². The van der Waals surface area contributed by atoms with Crippen molar-refractivity contribution in [3.05, 3.63) is 20.8 Å². The molecule has 0 aromatic carbocycles. The SMILES string of the molecule is CC(C)(C)N(C(=O)O)C1CC1c1csc(Br)c1. The van der Waals surface area contributed by atoms with Crippen molar-refractivity contribution in [3.8, 4) is 0 Å². The van der Waals surface area contributed by atoms with E-state index >= 15 is 0 Å². The largest absolute Gasteiger partial charge is 0.465 e. The maximum Gasteiger partial charge on any atom is 0.408 e. The second-order valence-electron chi connectivity index (χ2n) is 5.42. The molecule has 94 valence electrons. The minimum Gasteiger partial charge on any atom is -0.465 e. The lowest BCUT2D eigenvalue weighted by molar-refractivity contribution is 0.0940. The molecule has 1 heterocycles. The van der Waals surface area contributed by atoms with Crippen molar-refractivity contribution in [1.82, 2.24) is 4.90 Å². The van der Waals surface area contributed by atoms with Crippen molar-refractivity contribution < 1.29 is 9.90 Å². The normalized spacial score (nSPS) is 23.5. The summed E-state index contributed by atoms with van der Waals surface area (Å²) >= 11 is 5.10. The average Bonchev–Trinajstić information content (AvgIpc) is 2.77. The number of carboxylic acid groups (broad SMARTS) is 1. The van der Waals surface area contributed by atoms with Crippen LogP contribution in [-0.2, 0) is 0 Å². The smallest absolute Gasteiger partial charge is 0.408 e. The van der Waals surface area contributed by atoms with E-state index in [-0.39, 0.29) is 11.6 Å². The van der Waals surface area contributed by atoms with Crippen LogP contribution in [0.15, 0.2) is 15.2 Å². The zero-order valence-electron chi connectivity index (χ0n) is 10.1. The van der Waals surface area contributed by atoms with E-state index in [0.717, 1.165) is 10.2 Å². The van der Waals surface area contributed by atoms with E-state index < -0.39 is 6.09 Å². The van der Waals surface area contributed by atoms with Gasteiger partial charge in [0.2, 0.25) is 0 Å². The van der Waals surface area contributed by atoms with Crippen molar-refractivity contribution in [1.29, 1.82) is 0 Å². The predicted molar refractivity (Wildman–Crippen MR) is 72.8 cm³/mol. The van der Waals surface area contributed by atoms with Crippen LogP contribution in [-0.4, -0.2) is 27.7 Å². The van der Waals surface area contributed by atoms with Crippen LogP contribution in [0.25, 0.3) is 0 Å². The fraction of sp³-hybridized carbons (Fsp3) is 0.583. The summed E-state index contributed by atoms with van der Waals surface area (Å²) in [6, 6.07) is 2.23. The number of thiophene rings is 1. The molecule has 0 aliphatic heterocycles. The van der Waals surface area contributed by atoms with Crippen LogP contribution in [0.4, 0.5) is 4.79 Å². The molecule has 3 nitrogen and oxygen atoms in total. The summed E-state index contributed by atoms with van der Waals surface area (Å²) in [6.07, 6.45) is 0.117. The summed E-state index contributed by atoms with van der Waals surface area (Å²) in [7, 11) is 0. The molecule has 1 saturated carbocycles. The van der Waals surface area contributed by atoms with Gasteiger partial charge < -0.3 is 5.11 Å². The highest BCUT2D eigenvalue weighted by Crippen LogP contribution is 2.48. The number of nitrogens with zero attached hydrogens (tertiary/aromatic N) is 1. The summed E-state index contributed by atoms with van der Waals surface area (Å²) in [5.41, 5.74) is 0.917. The molecule has 1 aromatic heterocycles. The predicted octanol–water partition coefficient (Wildman–Crippen LogP) is 4.15. The number of rotatable bonds is 2.